The highest BCUT2D eigenvalue weighted by Crippen LogP contribution is 2.17. The fourth-order valence-corrected chi connectivity index (χ4v) is 2.11. The van der Waals surface area contributed by atoms with E-state index in [0.717, 1.165) is 14.5 Å². The van der Waals surface area contributed by atoms with E-state index in [1.165, 1.54) is 6.08 Å². The zero-order valence-corrected chi connectivity index (χ0v) is 13.0. The summed E-state index contributed by atoms with van der Waals surface area (Å²) in [4.78, 5) is 11.6. The molecule has 0 unspecified atom stereocenters. The smallest absolute Gasteiger partial charge is 0.336 e. The predicted octanol–water partition coefficient (Wildman–Crippen LogP) is 4.83. The highest BCUT2D eigenvalue weighted by molar-refractivity contribution is 9.10. The van der Waals surface area contributed by atoms with Gasteiger partial charge >= 0.3 is 5.97 Å². The summed E-state index contributed by atoms with van der Waals surface area (Å²) in [5.41, 5.74) is 0.933. The van der Waals surface area contributed by atoms with Crippen LogP contribution >= 0.6 is 31.9 Å². The lowest BCUT2D eigenvalue weighted by Gasteiger charge is -2.00. The van der Waals surface area contributed by atoms with Crippen LogP contribution in [0.15, 0.2) is 63.6 Å². The van der Waals surface area contributed by atoms with Gasteiger partial charge in [0.2, 0.25) is 0 Å². The standard InChI is InChI=1S/C15H10Br2O2/c16-12-5-7-14(8-6-12)19-15(18)9-4-11-2-1-3-13(17)10-11/h1-10H/b9-4+. The molecule has 0 bridgehead atoms. The van der Waals surface area contributed by atoms with Crippen LogP contribution in [0, 0.1) is 0 Å². The topological polar surface area (TPSA) is 26.3 Å². The number of ether oxygens (including phenoxy) is 1. The summed E-state index contributed by atoms with van der Waals surface area (Å²) >= 11 is 6.70. The summed E-state index contributed by atoms with van der Waals surface area (Å²) in [5, 5.41) is 0. The van der Waals surface area contributed by atoms with Crippen molar-refractivity contribution in [3.63, 3.8) is 0 Å². The van der Waals surface area contributed by atoms with Crippen molar-refractivity contribution >= 4 is 43.9 Å². The van der Waals surface area contributed by atoms with Crippen molar-refractivity contribution in [2.45, 2.75) is 0 Å². The molecule has 0 saturated carbocycles. The van der Waals surface area contributed by atoms with Crippen molar-refractivity contribution in [1.82, 2.24) is 0 Å². The first kappa shape index (κ1) is 14.0. The fourth-order valence-electron chi connectivity index (χ4n) is 1.43. The molecule has 0 aromatic heterocycles. The Kier molecular flexibility index (Phi) is 4.93. The van der Waals surface area contributed by atoms with Crippen molar-refractivity contribution in [2.75, 3.05) is 0 Å². The first-order chi connectivity index (χ1) is 9.13. The second kappa shape index (κ2) is 6.68. The Balaban J connectivity index is 1.99. The van der Waals surface area contributed by atoms with Gasteiger partial charge in [0.05, 0.1) is 0 Å². The summed E-state index contributed by atoms with van der Waals surface area (Å²) in [7, 11) is 0. The van der Waals surface area contributed by atoms with Gasteiger partial charge in [-0.25, -0.2) is 4.79 Å². The second-order valence-corrected chi connectivity index (χ2v) is 5.59. The van der Waals surface area contributed by atoms with E-state index in [-0.39, 0.29) is 0 Å². The maximum Gasteiger partial charge on any atom is 0.336 e. The van der Waals surface area contributed by atoms with Crippen LogP contribution in [0.4, 0.5) is 0 Å². The van der Waals surface area contributed by atoms with Crippen LogP contribution < -0.4 is 4.74 Å². The molecule has 4 heteroatoms. The summed E-state index contributed by atoms with van der Waals surface area (Å²) in [6.45, 7) is 0. The molecule has 0 aliphatic rings. The van der Waals surface area contributed by atoms with E-state index < -0.39 is 5.97 Å². The minimum Gasteiger partial charge on any atom is -0.423 e. The van der Waals surface area contributed by atoms with Crippen LogP contribution in [0.1, 0.15) is 5.56 Å². The molecule has 0 amide bonds. The van der Waals surface area contributed by atoms with Crippen LogP contribution in [0.3, 0.4) is 0 Å². The average molecular weight is 382 g/mol. The number of carbonyl (C=O) groups excluding carboxylic acids is 1. The molecule has 0 heterocycles. The molecule has 0 aliphatic heterocycles. The Bertz CT molecular complexity index is 604. The number of rotatable bonds is 3. The SMILES string of the molecule is O=C(/C=C/c1cccc(Br)c1)Oc1ccc(Br)cc1. The van der Waals surface area contributed by atoms with Crippen molar-refractivity contribution in [1.29, 1.82) is 0 Å². The molecule has 2 aromatic rings. The molecule has 0 N–H and O–H groups in total. The van der Waals surface area contributed by atoms with E-state index in [0.29, 0.717) is 5.75 Å². The second-order valence-electron chi connectivity index (χ2n) is 3.76. The molecule has 2 aromatic carbocycles. The third-order valence-corrected chi connectivity index (χ3v) is 3.31. The van der Waals surface area contributed by atoms with Crippen LogP contribution in [-0.2, 0) is 4.79 Å². The number of benzene rings is 2. The third-order valence-electron chi connectivity index (χ3n) is 2.29. The van der Waals surface area contributed by atoms with E-state index in [2.05, 4.69) is 31.9 Å². The van der Waals surface area contributed by atoms with E-state index in [1.54, 1.807) is 18.2 Å². The van der Waals surface area contributed by atoms with Gasteiger partial charge in [-0.05, 0) is 48.0 Å². The van der Waals surface area contributed by atoms with Gasteiger partial charge in [-0.2, -0.15) is 0 Å². The average Bonchev–Trinajstić information content (AvgIpc) is 2.39. The third kappa shape index (κ3) is 4.65. The Hall–Kier alpha value is -1.39. The monoisotopic (exact) mass is 380 g/mol. The van der Waals surface area contributed by atoms with E-state index >= 15 is 0 Å². The van der Waals surface area contributed by atoms with Gasteiger partial charge < -0.3 is 4.74 Å². The first-order valence-electron chi connectivity index (χ1n) is 5.54. The molecule has 0 aliphatic carbocycles. The quantitative estimate of drug-likeness (QED) is 0.432. The normalized spacial score (nSPS) is 10.6. The highest BCUT2D eigenvalue weighted by atomic mass is 79.9. The summed E-state index contributed by atoms with van der Waals surface area (Å²) in [6, 6.07) is 14.8. The molecule has 0 radical (unpaired) electrons. The van der Waals surface area contributed by atoms with Crippen molar-refractivity contribution < 1.29 is 9.53 Å². The number of esters is 1. The first-order valence-corrected chi connectivity index (χ1v) is 7.13. The van der Waals surface area contributed by atoms with Crippen LogP contribution in [0.5, 0.6) is 5.75 Å². The summed E-state index contributed by atoms with van der Waals surface area (Å²) < 4.78 is 7.07. The zero-order valence-electron chi connectivity index (χ0n) is 9.85. The maximum absolute atomic E-state index is 11.6. The molecule has 2 nitrogen and oxygen atoms in total. The number of hydrogen-bond donors (Lipinski definition) is 0. The van der Waals surface area contributed by atoms with Gasteiger partial charge in [0, 0.05) is 15.0 Å². The van der Waals surface area contributed by atoms with Crippen molar-refractivity contribution in [2.24, 2.45) is 0 Å². The van der Waals surface area contributed by atoms with E-state index in [1.807, 2.05) is 36.4 Å². The highest BCUT2D eigenvalue weighted by Gasteiger charge is 2.00. The van der Waals surface area contributed by atoms with Gasteiger partial charge in [-0.3, -0.25) is 0 Å². The molecular formula is C15H10Br2O2. The predicted molar refractivity (Wildman–Crippen MR) is 83.0 cm³/mol. The molecule has 0 saturated heterocycles. The van der Waals surface area contributed by atoms with Crippen LogP contribution in [-0.4, -0.2) is 5.97 Å². The van der Waals surface area contributed by atoms with Gasteiger partial charge in [-0.1, -0.05) is 44.0 Å². The molecular weight excluding hydrogens is 372 g/mol. The Morgan fingerprint density at radius 3 is 2.42 bits per heavy atom. The zero-order chi connectivity index (χ0) is 13.7. The summed E-state index contributed by atoms with van der Waals surface area (Å²) in [6.07, 6.45) is 3.12. The summed E-state index contributed by atoms with van der Waals surface area (Å²) in [5.74, 6) is 0.120. The Morgan fingerprint density at radius 2 is 1.74 bits per heavy atom. The number of hydrogen-bond acceptors (Lipinski definition) is 2. The molecule has 0 atom stereocenters. The maximum atomic E-state index is 11.6. The van der Waals surface area contributed by atoms with Gasteiger partial charge in [0.15, 0.2) is 0 Å². The van der Waals surface area contributed by atoms with E-state index in [4.69, 9.17) is 4.74 Å². The Labute approximate surface area is 128 Å². The number of carbonyl (C=O) groups is 1. The van der Waals surface area contributed by atoms with Crippen LogP contribution in [0.2, 0.25) is 0 Å². The lowest BCUT2D eigenvalue weighted by molar-refractivity contribution is -0.128. The Morgan fingerprint density at radius 1 is 1.00 bits per heavy atom. The van der Waals surface area contributed by atoms with Gasteiger partial charge in [-0.15, -0.1) is 0 Å². The van der Waals surface area contributed by atoms with Crippen molar-refractivity contribution in [3.05, 3.63) is 69.1 Å². The van der Waals surface area contributed by atoms with Crippen molar-refractivity contribution in [3.8, 4) is 5.75 Å². The molecule has 2 rings (SSSR count). The molecule has 96 valence electrons. The van der Waals surface area contributed by atoms with Crippen LogP contribution in [0.25, 0.3) is 6.08 Å². The van der Waals surface area contributed by atoms with E-state index in [9.17, 15) is 4.79 Å². The van der Waals surface area contributed by atoms with Gasteiger partial charge in [0.25, 0.3) is 0 Å². The largest absolute Gasteiger partial charge is 0.423 e. The fraction of sp³-hybridized carbons (Fsp3) is 0. The molecule has 19 heavy (non-hydrogen) atoms. The minimum absolute atomic E-state index is 0.401. The lowest BCUT2D eigenvalue weighted by Crippen LogP contribution is -2.03. The molecule has 0 fully saturated rings. The number of halogens is 2. The lowest BCUT2D eigenvalue weighted by atomic mass is 10.2. The minimum atomic E-state index is -0.401. The molecule has 0 spiro atoms. The van der Waals surface area contributed by atoms with Gasteiger partial charge in [0.1, 0.15) is 5.75 Å².